The van der Waals surface area contributed by atoms with Crippen LogP contribution in [0.1, 0.15) is 83.7 Å². The lowest BCUT2D eigenvalue weighted by molar-refractivity contribution is -0.120. The quantitative estimate of drug-likeness (QED) is 0.269. The molecule has 7 heteroatoms. The van der Waals surface area contributed by atoms with Crippen molar-refractivity contribution in [1.82, 2.24) is 15.2 Å². The molecule has 0 bridgehead atoms. The van der Waals surface area contributed by atoms with Gasteiger partial charge in [-0.2, -0.15) is 0 Å². The maximum Gasteiger partial charge on any atom is 0.332 e. The van der Waals surface area contributed by atoms with Gasteiger partial charge in [0.05, 0.1) is 5.69 Å². The Morgan fingerprint density at radius 3 is 2.29 bits per heavy atom. The number of nitrogens with zero attached hydrogens (tertiary/aromatic N) is 2. The first-order valence-corrected chi connectivity index (χ1v) is 15.2. The number of fused-ring (bicyclic) bond motifs is 4. The van der Waals surface area contributed by atoms with Crippen molar-refractivity contribution >= 4 is 34.4 Å². The number of aromatic amines is 1. The Bertz CT molecular complexity index is 1650. The van der Waals surface area contributed by atoms with Gasteiger partial charge in [0.25, 0.3) is 11.8 Å². The predicted molar refractivity (Wildman–Crippen MR) is 164 cm³/mol. The van der Waals surface area contributed by atoms with E-state index in [9.17, 15) is 14.4 Å². The topological polar surface area (TPSA) is 85.5 Å². The maximum absolute atomic E-state index is 14.1. The minimum atomic E-state index is -0.613. The van der Waals surface area contributed by atoms with E-state index in [0.717, 1.165) is 59.0 Å². The first-order chi connectivity index (χ1) is 20.5. The van der Waals surface area contributed by atoms with Crippen LogP contribution in [0.15, 0.2) is 72.8 Å². The number of benzene rings is 3. The van der Waals surface area contributed by atoms with Crippen LogP contribution in [-0.4, -0.2) is 39.8 Å². The highest BCUT2D eigenvalue weighted by atomic mass is 16.2. The molecule has 7 nitrogen and oxygen atoms in total. The van der Waals surface area contributed by atoms with E-state index in [4.69, 9.17) is 0 Å². The van der Waals surface area contributed by atoms with Crippen LogP contribution < -0.4 is 10.2 Å². The summed E-state index contributed by atoms with van der Waals surface area (Å²) < 4.78 is 0. The highest BCUT2D eigenvalue weighted by molar-refractivity contribution is 6.22. The lowest BCUT2D eigenvalue weighted by atomic mass is 9.88. The van der Waals surface area contributed by atoms with Crippen molar-refractivity contribution in [1.29, 1.82) is 0 Å². The molecule has 1 saturated heterocycles. The zero-order valence-corrected chi connectivity index (χ0v) is 23.9. The molecule has 2 atom stereocenters. The molecule has 3 heterocycles. The van der Waals surface area contributed by atoms with E-state index in [-0.39, 0.29) is 23.9 Å². The van der Waals surface area contributed by atoms with Gasteiger partial charge in [-0.1, -0.05) is 80.1 Å². The fourth-order valence-corrected chi connectivity index (χ4v) is 7.04. The number of nitrogens with one attached hydrogen (secondary N) is 2. The molecule has 214 valence electrons. The van der Waals surface area contributed by atoms with Gasteiger partial charge in [-0.3, -0.25) is 14.5 Å². The fourth-order valence-electron chi connectivity index (χ4n) is 7.04. The van der Waals surface area contributed by atoms with E-state index in [0.29, 0.717) is 17.7 Å². The summed E-state index contributed by atoms with van der Waals surface area (Å²) >= 11 is 0. The van der Waals surface area contributed by atoms with E-state index < -0.39 is 12.1 Å². The van der Waals surface area contributed by atoms with Gasteiger partial charge >= 0.3 is 6.03 Å². The summed E-state index contributed by atoms with van der Waals surface area (Å²) in [6, 6.07) is 22.0. The second kappa shape index (κ2) is 10.8. The highest BCUT2D eigenvalue weighted by Crippen LogP contribution is 2.44. The largest absolute Gasteiger partial charge is 0.356 e. The number of carbonyl (C=O) groups excluding carboxylic acids is 3. The average Bonchev–Trinajstić information content (AvgIpc) is 3.48. The van der Waals surface area contributed by atoms with Gasteiger partial charge in [0.2, 0.25) is 0 Å². The van der Waals surface area contributed by atoms with Crippen molar-refractivity contribution in [3.05, 3.63) is 101 Å². The van der Waals surface area contributed by atoms with Crippen LogP contribution in [-0.2, 0) is 11.2 Å². The van der Waals surface area contributed by atoms with Crippen LogP contribution in [0.5, 0.6) is 0 Å². The lowest BCUT2D eigenvalue weighted by Crippen LogP contribution is -2.44. The number of para-hydroxylation sites is 1. The average molecular weight is 561 g/mol. The SMILES string of the molecule is Cc1ccc(C2c3[nH]c4ccccc4c3C[C@H]3C(=O)N(c4ccc(C(=O)NC5CCCCCCC5)cc4)C(=O)N23)cc1. The van der Waals surface area contributed by atoms with E-state index >= 15 is 0 Å². The lowest BCUT2D eigenvalue weighted by Gasteiger charge is -2.36. The number of amides is 4. The maximum atomic E-state index is 14.1. The number of anilines is 1. The molecular formula is C35H36N4O3. The number of urea groups is 1. The third-order valence-corrected chi connectivity index (χ3v) is 9.27. The molecule has 3 aromatic carbocycles. The Kier molecular flexibility index (Phi) is 6.81. The molecular weight excluding hydrogens is 524 g/mol. The Morgan fingerprint density at radius 2 is 1.55 bits per heavy atom. The molecule has 1 aromatic heterocycles. The smallest absolute Gasteiger partial charge is 0.332 e. The molecule has 2 aliphatic heterocycles. The third-order valence-electron chi connectivity index (χ3n) is 9.27. The van der Waals surface area contributed by atoms with Gasteiger partial charge in [-0.15, -0.1) is 0 Å². The molecule has 4 aromatic rings. The van der Waals surface area contributed by atoms with Crippen LogP contribution in [0.2, 0.25) is 0 Å². The number of aromatic nitrogens is 1. The predicted octanol–water partition coefficient (Wildman–Crippen LogP) is 6.80. The molecule has 0 radical (unpaired) electrons. The molecule has 2 N–H and O–H groups in total. The Balaban J connectivity index is 1.18. The van der Waals surface area contributed by atoms with Crippen molar-refractivity contribution in [2.45, 2.75) is 76.4 Å². The molecule has 1 unspecified atom stereocenters. The van der Waals surface area contributed by atoms with Gasteiger partial charge in [-0.05, 0) is 61.2 Å². The Morgan fingerprint density at radius 1 is 0.857 bits per heavy atom. The summed E-state index contributed by atoms with van der Waals surface area (Å²) in [6.45, 7) is 2.04. The first kappa shape index (κ1) is 26.5. The van der Waals surface area contributed by atoms with Crippen molar-refractivity contribution in [3.63, 3.8) is 0 Å². The minimum Gasteiger partial charge on any atom is -0.356 e. The van der Waals surface area contributed by atoms with Gasteiger partial charge in [0, 0.05) is 34.6 Å². The number of imide groups is 1. The zero-order chi connectivity index (χ0) is 28.8. The van der Waals surface area contributed by atoms with Crippen molar-refractivity contribution < 1.29 is 14.4 Å². The second-order valence-corrected chi connectivity index (χ2v) is 12.0. The van der Waals surface area contributed by atoms with Gasteiger partial charge in [-0.25, -0.2) is 9.69 Å². The molecule has 7 rings (SSSR count). The van der Waals surface area contributed by atoms with Crippen LogP contribution >= 0.6 is 0 Å². The van der Waals surface area contributed by atoms with Gasteiger partial charge in [0.1, 0.15) is 12.1 Å². The molecule has 4 amide bonds. The summed E-state index contributed by atoms with van der Waals surface area (Å²) in [7, 11) is 0. The molecule has 1 aliphatic carbocycles. The van der Waals surface area contributed by atoms with Crippen LogP contribution in [0.4, 0.5) is 10.5 Å². The number of rotatable bonds is 4. The third kappa shape index (κ3) is 4.57. The number of hydrogen-bond donors (Lipinski definition) is 2. The monoisotopic (exact) mass is 560 g/mol. The standard InChI is InChI=1S/C35H36N4O3/c1-22-13-15-23(16-14-22)32-31-28(27-11-7-8-12-29(27)37-31)21-30-34(41)38(35(42)39(30)32)26-19-17-24(18-20-26)33(40)36-25-9-5-3-2-4-6-10-25/h7-8,11-20,25,30,32,37H,2-6,9-10,21H2,1H3,(H,36,40)/t30-,32?/m0/s1. The summed E-state index contributed by atoms with van der Waals surface area (Å²) in [5.41, 5.74) is 6.16. The van der Waals surface area contributed by atoms with E-state index in [2.05, 4.69) is 16.4 Å². The minimum absolute atomic E-state index is 0.103. The molecule has 3 aliphatic rings. The van der Waals surface area contributed by atoms with Crippen molar-refractivity contribution in [3.8, 4) is 0 Å². The normalized spacial score (nSPS) is 21.2. The summed E-state index contributed by atoms with van der Waals surface area (Å²) in [6.07, 6.45) is 8.49. The second-order valence-electron chi connectivity index (χ2n) is 12.0. The molecule has 0 spiro atoms. The van der Waals surface area contributed by atoms with E-state index in [1.807, 2.05) is 49.4 Å². The highest BCUT2D eigenvalue weighted by Gasteiger charge is 2.53. The summed E-state index contributed by atoms with van der Waals surface area (Å²) in [5.74, 6) is -0.340. The molecule has 2 fully saturated rings. The van der Waals surface area contributed by atoms with Crippen LogP contribution in [0, 0.1) is 6.92 Å². The first-order valence-electron chi connectivity index (χ1n) is 15.2. The van der Waals surface area contributed by atoms with Crippen LogP contribution in [0.3, 0.4) is 0 Å². The number of H-pyrrole nitrogens is 1. The van der Waals surface area contributed by atoms with Crippen LogP contribution in [0.25, 0.3) is 10.9 Å². The Labute approximate surface area is 245 Å². The fraction of sp³-hybridized carbons (Fsp3) is 0.343. The zero-order valence-electron chi connectivity index (χ0n) is 23.9. The van der Waals surface area contributed by atoms with Gasteiger partial charge < -0.3 is 10.3 Å². The van der Waals surface area contributed by atoms with Gasteiger partial charge in [0.15, 0.2) is 0 Å². The van der Waals surface area contributed by atoms with Crippen molar-refractivity contribution in [2.24, 2.45) is 0 Å². The summed E-state index contributed by atoms with van der Waals surface area (Å²) in [5, 5.41) is 4.29. The van der Waals surface area contributed by atoms with E-state index in [1.54, 1.807) is 29.2 Å². The number of carbonyl (C=O) groups is 3. The summed E-state index contributed by atoms with van der Waals surface area (Å²) in [4.78, 5) is 47.7. The number of hydrogen-bond acceptors (Lipinski definition) is 3. The van der Waals surface area contributed by atoms with Crippen molar-refractivity contribution in [2.75, 3.05) is 4.90 Å². The number of aryl methyl sites for hydroxylation is 1. The Hall–Kier alpha value is -4.39. The molecule has 42 heavy (non-hydrogen) atoms. The van der Waals surface area contributed by atoms with E-state index in [1.165, 1.54) is 24.2 Å². The molecule has 1 saturated carbocycles.